The molecule has 0 saturated heterocycles. The summed E-state index contributed by atoms with van der Waals surface area (Å²) in [6.45, 7) is 2.20. The van der Waals surface area contributed by atoms with Gasteiger partial charge in [0.25, 0.3) is 0 Å². The fourth-order valence-electron chi connectivity index (χ4n) is 4.97. The molecule has 0 aromatic rings. The van der Waals surface area contributed by atoms with E-state index in [4.69, 9.17) is 5.26 Å². The van der Waals surface area contributed by atoms with E-state index in [-0.39, 0.29) is 0 Å². The largest absolute Gasteiger partial charge is 0.193 e. The van der Waals surface area contributed by atoms with Gasteiger partial charge in [-0.15, -0.1) is 11.8 Å². The first-order valence-corrected chi connectivity index (χ1v) is 7.97. The Kier molecular flexibility index (Phi) is 2.99. The van der Waals surface area contributed by atoms with E-state index in [9.17, 15) is 0 Å². The van der Waals surface area contributed by atoms with Gasteiger partial charge in [-0.3, -0.25) is 0 Å². The SMILES string of the molecule is CCS/C(=C\C#N)C12CC3CC(CC(C3)C1)C2. The number of nitriles is 1. The van der Waals surface area contributed by atoms with Gasteiger partial charge >= 0.3 is 0 Å². The summed E-state index contributed by atoms with van der Waals surface area (Å²) in [5.41, 5.74) is 0.422. The Morgan fingerprint density at radius 2 is 1.76 bits per heavy atom. The van der Waals surface area contributed by atoms with E-state index in [1.807, 2.05) is 17.8 Å². The molecule has 0 aromatic carbocycles. The lowest BCUT2D eigenvalue weighted by Crippen LogP contribution is -2.46. The molecule has 0 N–H and O–H groups in total. The molecule has 0 heterocycles. The molecule has 2 heteroatoms. The summed E-state index contributed by atoms with van der Waals surface area (Å²) in [4.78, 5) is 1.42. The molecular formula is C15H21NS. The summed E-state index contributed by atoms with van der Waals surface area (Å²) >= 11 is 1.93. The molecule has 1 nitrogen and oxygen atoms in total. The molecule has 0 radical (unpaired) electrons. The van der Waals surface area contributed by atoms with Crippen LogP contribution in [-0.2, 0) is 0 Å². The predicted molar refractivity (Wildman–Crippen MR) is 72.4 cm³/mol. The maximum atomic E-state index is 9.03. The highest BCUT2D eigenvalue weighted by Crippen LogP contribution is 2.64. The van der Waals surface area contributed by atoms with Crippen molar-refractivity contribution >= 4 is 11.8 Å². The van der Waals surface area contributed by atoms with Crippen molar-refractivity contribution in [2.75, 3.05) is 5.75 Å². The van der Waals surface area contributed by atoms with Crippen molar-refractivity contribution in [3.05, 3.63) is 11.0 Å². The number of hydrogen-bond acceptors (Lipinski definition) is 2. The van der Waals surface area contributed by atoms with Gasteiger partial charge in [0.1, 0.15) is 0 Å². The summed E-state index contributed by atoms with van der Waals surface area (Å²) in [7, 11) is 0. The van der Waals surface area contributed by atoms with Crippen molar-refractivity contribution < 1.29 is 0 Å². The molecule has 17 heavy (non-hydrogen) atoms. The number of thioether (sulfide) groups is 1. The van der Waals surface area contributed by atoms with Gasteiger partial charge in [-0.05, 0) is 62.0 Å². The lowest BCUT2D eigenvalue weighted by atomic mass is 9.49. The normalized spacial score (nSPS) is 43.8. The number of hydrogen-bond donors (Lipinski definition) is 0. The van der Waals surface area contributed by atoms with Crippen LogP contribution in [0, 0.1) is 34.5 Å². The van der Waals surface area contributed by atoms with E-state index in [1.165, 1.54) is 43.4 Å². The van der Waals surface area contributed by atoms with Gasteiger partial charge in [-0.1, -0.05) is 6.92 Å². The Bertz CT molecular complexity index is 342. The maximum Gasteiger partial charge on any atom is 0.0920 e. The highest BCUT2D eigenvalue weighted by Gasteiger charge is 2.52. The zero-order chi connectivity index (χ0) is 11.9. The molecule has 0 aromatic heterocycles. The van der Waals surface area contributed by atoms with Gasteiger partial charge in [0, 0.05) is 16.4 Å². The van der Waals surface area contributed by atoms with Crippen LogP contribution in [0.3, 0.4) is 0 Å². The maximum absolute atomic E-state index is 9.03. The summed E-state index contributed by atoms with van der Waals surface area (Å²) in [6, 6.07) is 2.29. The van der Waals surface area contributed by atoms with Crippen LogP contribution in [0.25, 0.3) is 0 Å². The number of nitrogens with zero attached hydrogens (tertiary/aromatic N) is 1. The van der Waals surface area contributed by atoms with Crippen LogP contribution in [0.15, 0.2) is 11.0 Å². The molecule has 0 spiro atoms. The van der Waals surface area contributed by atoms with Gasteiger partial charge in [0.2, 0.25) is 0 Å². The Morgan fingerprint density at radius 3 is 2.18 bits per heavy atom. The van der Waals surface area contributed by atoms with Gasteiger partial charge in [-0.25, -0.2) is 0 Å². The predicted octanol–water partition coefficient (Wildman–Crippen LogP) is 4.36. The molecule has 4 aliphatic rings. The molecule has 4 saturated carbocycles. The van der Waals surface area contributed by atoms with Gasteiger partial charge in [0.15, 0.2) is 0 Å². The fraction of sp³-hybridized carbons (Fsp3) is 0.800. The van der Waals surface area contributed by atoms with Gasteiger partial charge in [-0.2, -0.15) is 5.26 Å². The van der Waals surface area contributed by atoms with E-state index in [0.29, 0.717) is 5.41 Å². The topological polar surface area (TPSA) is 23.8 Å². The number of rotatable bonds is 3. The Labute approximate surface area is 109 Å². The highest BCUT2D eigenvalue weighted by molar-refractivity contribution is 8.03. The third-order valence-electron chi connectivity index (χ3n) is 5.06. The summed E-state index contributed by atoms with van der Waals surface area (Å²) < 4.78 is 0. The van der Waals surface area contributed by atoms with Crippen LogP contribution in [0.1, 0.15) is 45.4 Å². The molecule has 0 aliphatic heterocycles. The van der Waals surface area contributed by atoms with Crippen LogP contribution in [0.5, 0.6) is 0 Å². The van der Waals surface area contributed by atoms with Crippen molar-refractivity contribution in [2.45, 2.75) is 45.4 Å². The summed E-state index contributed by atoms with van der Waals surface area (Å²) in [6.07, 6.45) is 10.4. The summed E-state index contributed by atoms with van der Waals surface area (Å²) in [5.74, 6) is 4.03. The lowest BCUT2D eigenvalue weighted by molar-refractivity contribution is -0.0258. The van der Waals surface area contributed by atoms with Crippen LogP contribution in [0.4, 0.5) is 0 Å². The second-order valence-electron chi connectivity index (χ2n) is 6.27. The molecule has 4 rings (SSSR count). The van der Waals surface area contributed by atoms with E-state index < -0.39 is 0 Å². The Balaban J connectivity index is 1.90. The molecule has 0 atom stereocenters. The average Bonchev–Trinajstić information content (AvgIpc) is 2.27. The molecular weight excluding hydrogens is 226 g/mol. The molecule has 4 bridgehead atoms. The van der Waals surface area contributed by atoms with E-state index in [2.05, 4.69) is 13.0 Å². The van der Waals surface area contributed by atoms with E-state index in [1.54, 1.807) is 0 Å². The van der Waals surface area contributed by atoms with Crippen molar-refractivity contribution in [3.63, 3.8) is 0 Å². The minimum atomic E-state index is 0.422. The molecule has 0 amide bonds. The second-order valence-corrected chi connectivity index (χ2v) is 7.57. The van der Waals surface area contributed by atoms with Crippen molar-refractivity contribution in [1.82, 2.24) is 0 Å². The standard InChI is InChI=1S/C15H21NS/c1-2-17-14(3-4-16)15-8-11-5-12(9-15)7-13(6-11)10-15/h3,11-13H,2,5-10H2,1H3/b14-3-. The van der Waals surface area contributed by atoms with Crippen molar-refractivity contribution in [1.29, 1.82) is 5.26 Å². The van der Waals surface area contributed by atoms with Crippen molar-refractivity contribution in [2.24, 2.45) is 23.2 Å². The quantitative estimate of drug-likeness (QED) is 0.692. The average molecular weight is 247 g/mol. The number of allylic oxidation sites excluding steroid dienone is 2. The zero-order valence-electron chi connectivity index (χ0n) is 10.6. The van der Waals surface area contributed by atoms with Gasteiger partial charge in [0.05, 0.1) is 6.07 Å². The minimum absolute atomic E-state index is 0.422. The third kappa shape index (κ3) is 1.93. The zero-order valence-corrected chi connectivity index (χ0v) is 11.4. The third-order valence-corrected chi connectivity index (χ3v) is 6.21. The Morgan fingerprint density at radius 1 is 1.24 bits per heavy atom. The van der Waals surface area contributed by atoms with Crippen LogP contribution in [0.2, 0.25) is 0 Å². The van der Waals surface area contributed by atoms with Gasteiger partial charge < -0.3 is 0 Å². The smallest absolute Gasteiger partial charge is 0.0920 e. The second kappa shape index (κ2) is 4.35. The molecule has 0 unspecified atom stereocenters. The first-order valence-electron chi connectivity index (χ1n) is 6.99. The van der Waals surface area contributed by atoms with Crippen LogP contribution in [-0.4, -0.2) is 5.75 Å². The molecule has 4 aliphatic carbocycles. The minimum Gasteiger partial charge on any atom is -0.193 e. The summed E-state index contributed by atoms with van der Waals surface area (Å²) in [5, 5.41) is 9.03. The first kappa shape index (κ1) is 11.7. The van der Waals surface area contributed by atoms with Crippen LogP contribution >= 0.6 is 11.8 Å². The molecule has 92 valence electrons. The fourth-order valence-corrected chi connectivity index (χ4v) is 5.98. The van der Waals surface area contributed by atoms with E-state index in [0.717, 1.165) is 23.5 Å². The van der Waals surface area contributed by atoms with E-state index >= 15 is 0 Å². The van der Waals surface area contributed by atoms with Crippen molar-refractivity contribution in [3.8, 4) is 6.07 Å². The highest BCUT2D eigenvalue weighted by atomic mass is 32.2. The monoisotopic (exact) mass is 247 g/mol. The lowest BCUT2D eigenvalue weighted by Gasteiger charge is -2.57. The molecule has 4 fully saturated rings. The first-order chi connectivity index (χ1) is 8.25. The Hall–Kier alpha value is -0.420. The van der Waals surface area contributed by atoms with Crippen LogP contribution < -0.4 is 0 Å².